The highest BCUT2D eigenvalue weighted by molar-refractivity contribution is 6.06. The summed E-state index contributed by atoms with van der Waals surface area (Å²) in [5.41, 5.74) is 13.2. The van der Waals surface area contributed by atoms with Crippen LogP contribution in [-0.4, -0.2) is 15.0 Å². The maximum atomic E-state index is 6.16. The van der Waals surface area contributed by atoms with Gasteiger partial charge in [-0.3, -0.25) is 4.98 Å². The van der Waals surface area contributed by atoms with Gasteiger partial charge >= 0.3 is 0 Å². The number of pyridine rings is 1. The second-order valence-corrected chi connectivity index (χ2v) is 13.3. The summed E-state index contributed by atoms with van der Waals surface area (Å²) in [5.74, 6) is 0.676. The molecule has 3 aromatic heterocycles. The van der Waals surface area contributed by atoms with Crippen molar-refractivity contribution < 1.29 is 4.42 Å². The maximum Gasteiger partial charge on any atom is 0.160 e. The Morgan fingerprint density at radius 2 is 0.906 bits per heavy atom. The predicted molar refractivity (Wildman–Crippen MR) is 217 cm³/mol. The lowest BCUT2D eigenvalue weighted by molar-refractivity contribution is 0.669. The van der Waals surface area contributed by atoms with E-state index in [0.717, 1.165) is 83.4 Å². The maximum absolute atomic E-state index is 6.16. The minimum Gasteiger partial charge on any atom is -0.456 e. The monoisotopic (exact) mass is 677 g/mol. The van der Waals surface area contributed by atoms with Gasteiger partial charge in [-0.2, -0.15) is 0 Å². The van der Waals surface area contributed by atoms with Gasteiger partial charge < -0.3 is 4.42 Å². The SMILES string of the molecule is c1ccc(-c2nc(-c3cc(-c4ccc(-c5ccncc5)cc4)cc(-c4ccc5ccccc5c4)c3)cc(-c3ccc4oc5ccccc5c4c3)n2)cc1. The molecule has 0 saturated carbocycles. The van der Waals surface area contributed by atoms with Crippen LogP contribution < -0.4 is 0 Å². The van der Waals surface area contributed by atoms with E-state index in [2.05, 4.69) is 126 Å². The molecular formula is C49H31N3O. The van der Waals surface area contributed by atoms with Crippen LogP contribution in [0.1, 0.15) is 0 Å². The first-order chi connectivity index (χ1) is 26.2. The molecular weight excluding hydrogens is 647 g/mol. The van der Waals surface area contributed by atoms with Gasteiger partial charge in [0, 0.05) is 39.9 Å². The summed E-state index contributed by atoms with van der Waals surface area (Å²) in [6.45, 7) is 0. The second-order valence-electron chi connectivity index (χ2n) is 13.3. The zero-order valence-electron chi connectivity index (χ0n) is 28.6. The number of para-hydroxylation sites is 1. The van der Waals surface area contributed by atoms with Gasteiger partial charge in [0.25, 0.3) is 0 Å². The lowest BCUT2D eigenvalue weighted by atomic mass is 9.93. The number of benzene rings is 7. The molecule has 0 aliphatic rings. The number of hydrogen-bond acceptors (Lipinski definition) is 4. The standard InChI is InChI=1S/C49H31N3O/c1-2-9-36(10-3-1)49-51-45(39-20-21-48-44(30-39)43-12-6-7-13-47(43)53-48)31-46(52-49)42-28-40(34-16-14-33(15-17-34)35-22-24-50-25-23-35)27-41(29-42)38-19-18-32-8-4-5-11-37(32)26-38/h1-31H. The van der Waals surface area contributed by atoms with Gasteiger partial charge in [0.2, 0.25) is 0 Å². The Balaban J connectivity index is 1.16. The first-order valence-electron chi connectivity index (χ1n) is 17.7. The van der Waals surface area contributed by atoms with E-state index in [0.29, 0.717) is 5.82 Å². The molecule has 0 aliphatic heterocycles. The number of aromatic nitrogens is 3. The van der Waals surface area contributed by atoms with Gasteiger partial charge in [-0.25, -0.2) is 9.97 Å². The van der Waals surface area contributed by atoms with Crippen molar-refractivity contribution in [3.05, 3.63) is 188 Å². The molecule has 0 spiro atoms. The van der Waals surface area contributed by atoms with E-state index in [1.165, 1.54) is 10.8 Å². The van der Waals surface area contributed by atoms with Gasteiger partial charge in [-0.1, -0.05) is 109 Å². The summed E-state index contributed by atoms with van der Waals surface area (Å²) < 4.78 is 6.16. The molecule has 0 bridgehead atoms. The van der Waals surface area contributed by atoms with Crippen LogP contribution in [0.15, 0.2) is 193 Å². The molecule has 53 heavy (non-hydrogen) atoms. The van der Waals surface area contributed by atoms with Crippen LogP contribution in [0.5, 0.6) is 0 Å². The van der Waals surface area contributed by atoms with Crippen molar-refractivity contribution in [3.63, 3.8) is 0 Å². The van der Waals surface area contributed by atoms with Crippen molar-refractivity contribution in [1.82, 2.24) is 15.0 Å². The van der Waals surface area contributed by atoms with Crippen LogP contribution in [0.4, 0.5) is 0 Å². The van der Waals surface area contributed by atoms with Crippen molar-refractivity contribution in [2.75, 3.05) is 0 Å². The lowest BCUT2D eigenvalue weighted by Gasteiger charge is -2.14. The van der Waals surface area contributed by atoms with Crippen LogP contribution in [-0.2, 0) is 0 Å². The van der Waals surface area contributed by atoms with Gasteiger partial charge in [0.1, 0.15) is 11.2 Å². The number of fused-ring (bicyclic) bond motifs is 4. The minimum atomic E-state index is 0.676. The van der Waals surface area contributed by atoms with Gasteiger partial charge in [0.05, 0.1) is 11.4 Å². The third-order valence-electron chi connectivity index (χ3n) is 9.97. The molecule has 3 heterocycles. The van der Waals surface area contributed by atoms with E-state index in [4.69, 9.17) is 14.4 Å². The Morgan fingerprint density at radius 1 is 0.321 bits per heavy atom. The first-order valence-corrected chi connectivity index (χ1v) is 17.7. The lowest BCUT2D eigenvalue weighted by Crippen LogP contribution is -1.96. The van der Waals surface area contributed by atoms with E-state index < -0.39 is 0 Å². The topological polar surface area (TPSA) is 51.8 Å². The van der Waals surface area contributed by atoms with E-state index in [1.54, 1.807) is 0 Å². The molecule has 0 N–H and O–H groups in total. The third kappa shape index (κ3) is 5.82. The molecule has 4 heteroatoms. The first kappa shape index (κ1) is 30.6. The molecule has 0 radical (unpaired) electrons. The second kappa shape index (κ2) is 12.9. The van der Waals surface area contributed by atoms with Crippen LogP contribution in [0.2, 0.25) is 0 Å². The molecule has 10 aromatic rings. The summed E-state index contributed by atoms with van der Waals surface area (Å²) in [6.07, 6.45) is 3.66. The number of rotatable bonds is 6. The van der Waals surface area contributed by atoms with E-state index in [1.807, 2.05) is 67.0 Å². The summed E-state index contributed by atoms with van der Waals surface area (Å²) >= 11 is 0. The molecule has 0 saturated heterocycles. The van der Waals surface area contributed by atoms with Crippen molar-refractivity contribution >= 4 is 32.7 Å². The minimum absolute atomic E-state index is 0.676. The van der Waals surface area contributed by atoms with E-state index in [9.17, 15) is 0 Å². The fourth-order valence-corrected chi connectivity index (χ4v) is 7.22. The Morgan fingerprint density at radius 3 is 1.72 bits per heavy atom. The smallest absolute Gasteiger partial charge is 0.160 e. The molecule has 4 nitrogen and oxygen atoms in total. The average Bonchev–Trinajstić information content (AvgIpc) is 3.62. The summed E-state index contributed by atoms with van der Waals surface area (Å²) in [4.78, 5) is 14.6. The van der Waals surface area contributed by atoms with Crippen molar-refractivity contribution in [2.45, 2.75) is 0 Å². The summed E-state index contributed by atoms with van der Waals surface area (Å²) in [7, 11) is 0. The fraction of sp³-hybridized carbons (Fsp3) is 0. The molecule has 0 aliphatic carbocycles. The number of furan rings is 1. The molecule has 10 rings (SSSR count). The van der Waals surface area contributed by atoms with Crippen molar-refractivity contribution in [3.8, 4) is 67.3 Å². The Bertz CT molecular complexity index is 2930. The number of nitrogens with zero attached hydrogens (tertiary/aromatic N) is 3. The molecule has 0 atom stereocenters. The molecule has 248 valence electrons. The number of hydrogen-bond donors (Lipinski definition) is 0. The molecule has 0 amide bonds. The molecule has 0 fully saturated rings. The van der Waals surface area contributed by atoms with E-state index >= 15 is 0 Å². The average molecular weight is 678 g/mol. The fourth-order valence-electron chi connectivity index (χ4n) is 7.22. The quantitative estimate of drug-likeness (QED) is 0.176. The highest BCUT2D eigenvalue weighted by Gasteiger charge is 2.16. The third-order valence-corrected chi connectivity index (χ3v) is 9.97. The van der Waals surface area contributed by atoms with Crippen LogP contribution in [0, 0.1) is 0 Å². The van der Waals surface area contributed by atoms with Gasteiger partial charge in [-0.15, -0.1) is 0 Å². The summed E-state index contributed by atoms with van der Waals surface area (Å²) in [6, 6.07) is 61.6. The van der Waals surface area contributed by atoms with Crippen LogP contribution in [0.3, 0.4) is 0 Å². The van der Waals surface area contributed by atoms with Crippen molar-refractivity contribution in [2.24, 2.45) is 0 Å². The van der Waals surface area contributed by atoms with Crippen LogP contribution in [0.25, 0.3) is 100.0 Å². The Labute approximate surface area is 306 Å². The normalized spacial score (nSPS) is 11.4. The molecule has 7 aromatic carbocycles. The van der Waals surface area contributed by atoms with Gasteiger partial charge in [-0.05, 0) is 111 Å². The zero-order chi connectivity index (χ0) is 35.1. The highest BCUT2D eigenvalue weighted by atomic mass is 16.3. The van der Waals surface area contributed by atoms with E-state index in [-0.39, 0.29) is 0 Å². The van der Waals surface area contributed by atoms with Crippen LogP contribution >= 0.6 is 0 Å². The molecule has 0 unspecified atom stereocenters. The highest BCUT2D eigenvalue weighted by Crippen LogP contribution is 2.37. The van der Waals surface area contributed by atoms with Crippen molar-refractivity contribution in [1.29, 1.82) is 0 Å². The van der Waals surface area contributed by atoms with Gasteiger partial charge in [0.15, 0.2) is 5.82 Å². The largest absolute Gasteiger partial charge is 0.456 e. The predicted octanol–water partition coefficient (Wildman–Crippen LogP) is 12.9. The zero-order valence-corrected chi connectivity index (χ0v) is 28.6. The Hall–Kier alpha value is -7.17. The Kier molecular flexibility index (Phi) is 7.43. The summed E-state index contributed by atoms with van der Waals surface area (Å²) in [5, 5.41) is 4.58.